The van der Waals surface area contributed by atoms with Gasteiger partial charge >= 0.3 is 0 Å². The van der Waals surface area contributed by atoms with Crippen LogP contribution in [0.3, 0.4) is 0 Å². The van der Waals surface area contributed by atoms with Crippen LogP contribution in [0.4, 0.5) is 20.2 Å². The molecule has 0 spiro atoms. The van der Waals surface area contributed by atoms with Crippen molar-refractivity contribution in [1.29, 1.82) is 0 Å². The normalized spacial score (nSPS) is 16.9. The summed E-state index contributed by atoms with van der Waals surface area (Å²) in [5, 5.41) is 0. The summed E-state index contributed by atoms with van der Waals surface area (Å²) in [6.45, 7) is 1.36. The van der Waals surface area contributed by atoms with Gasteiger partial charge in [-0.15, -0.1) is 0 Å². The molecule has 6 heteroatoms. The molecule has 0 aliphatic carbocycles. The number of halogens is 2. The summed E-state index contributed by atoms with van der Waals surface area (Å²) in [6.07, 6.45) is -1.84. The van der Waals surface area contributed by atoms with Gasteiger partial charge in [0.2, 0.25) is 5.91 Å². The molecular weight excluding hydrogens is 252 g/mol. The van der Waals surface area contributed by atoms with Crippen LogP contribution in [0.15, 0.2) is 18.2 Å². The fraction of sp³-hybridized carbons (Fsp3) is 0.462. The SMILES string of the molecule is CN1CCCN(c2ccc(N)cc2C(F)F)CC1=O. The second-order valence-electron chi connectivity index (χ2n) is 4.71. The molecule has 2 N–H and O–H groups in total. The van der Waals surface area contributed by atoms with Crippen molar-refractivity contribution in [2.45, 2.75) is 12.8 Å². The van der Waals surface area contributed by atoms with Gasteiger partial charge in [0.05, 0.1) is 6.54 Å². The van der Waals surface area contributed by atoms with Crippen LogP contribution in [-0.2, 0) is 4.79 Å². The number of carbonyl (C=O) groups excluding carboxylic acids is 1. The third-order valence-electron chi connectivity index (χ3n) is 3.30. The molecule has 0 saturated carbocycles. The van der Waals surface area contributed by atoms with Gasteiger partial charge < -0.3 is 15.5 Å². The number of anilines is 2. The zero-order chi connectivity index (χ0) is 14.0. The molecule has 1 aromatic carbocycles. The van der Waals surface area contributed by atoms with Crippen molar-refractivity contribution in [3.8, 4) is 0 Å². The molecule has 0 radical (unpaired) electrons. The molecule has 4 nitrogen and oxygen atoms in total. The fourth-order valence-corrected chi connectivity index (χ4v) is 2.23. The maximum absolute atomic E-state index is 13.1. The Balaban J connectivity index is 2.32. The molecule has 1 saturated heterocycles. The minimum atomic E-state index is -2.60. The zero-order valence-corrected chi connectivity index (χ0v) is 10.8. The highest BCUT2D eigenvalue weighted by Gasteiger charge is 2.23. The van der Waals surface area contributed by atoms with E-state index in [0.29, 0.717) is 24.5 Å². The van der Waals surface area contributed by atoms with Crippen LogP contribution in [0.1, 0.15) is 18.4 Å². The number of nitrogen functional groups attached to an aromatic ring is 1. The monoisotopic (exact) mass is 269 g/mol. The Morgan fingerprint density at radius 1 is 1.32 bits per heavy atom. The minimum absolute atomic E-state index is 0.0606. The van der Waals surface area contributed by atoms with E-state index in [2.05, 4.69) is 0 Å². The van der Waals surface area contributed by atoms with Crippen molar-refractivity contribution in [3.05, 3.63) is 23.8 Å². The molecule has 1 amide bonds. The lowest BCUT2D eigenvalue weighted by Gasteiger charge is -2.24. The lowest BCUT2D eigenvalue weighted by molar-refractivity contribution is -0.127. The predicted molar refractivity (Wildman–Crippen MR) is 70.3 cm³/mol. The maximum Gasteiger partial charge on any atom is 0.265 e. The standard InChI is InChI=1S/C13H17F2N3O/c1-17-5-2-6-18(8-12(17)19)11-4-3-9(16)7-10(11)13(14)15/h3-4,7,13H,2,5-6,8,16H2,1H3. The fourth-order valence-electron chi connectivity index (χ4n) is 2.23. The van der Waals surface area contributed by atoms with Gasteiger partial charge in [0.25, 0.3) is 6.43 Å². The Labute approximate surface area is 110 Å². The van der Waals surface area contributed by atoms with Gasteiger partial charge in [-0.05, 0) is 24.6 Å². The second-order valence-corrected chi connectivity index (χ2v) is 4.71. The Hall–Kier alpha value is -1.85. The van der Waals surface area contributed by atoms with E-state index in [1.165, 1.54) is 6.07 Å². The summed E-state index contributed by atoms with van der Waals surface area (Å²) >= 11 is 0. The van der Waals surface area contributed by atoms with Crippen LogP contribution >= 0.6 is 0 Å². The molecule has 1 fully saturated rings. The summed E-state index contributed by atoms with van der Waals surface area (Å²) in [7, 11) is 1.73. The van der Waals surface area contributed by atoms with Crippen LogP contribution < -0.4 is 10.6 Å². The number of carbonyl (C=O) groups is 1. The summed E-state index contributed by atoms with van der Waals surface area (Å²) in [4.78, 5) is 15.1. The molecule has 1 aliphatic rings. The van der Waals surface area contributed by atoms with Gasteiger partial charge in [-0.2, -0.15) is 0 Å². The second kappa shape index (κ2) is 5.42. The molecule has 19 heavy (non-hydrogen) atoms. The third kappa shape index (κ3) is 2.94. The topological polar surface area (TPSA) is 49.6 Å². The largest absolute Gasteiger partial charge is 0.399 e. The number of amides is 1. The van der Waals surface area contributed by atoms with Crippen molar-refractivity contribution in [1.82, 2.24) is 4.90 Å². The molecule has 0 atom stereocenters. The van der Waals surface area contributed by atoms with Gasteiger partial charge in [0.1, 0.15) is 0 Å². The first kappa shape index (κ1) is 13.6. The smallest absolute Gasteiger partial charge is 0.265 e. The number of benzene rings is 1. The van der Waals surface area contributed by atoms with Crippen molar-refractivity contribution in [3.63, 3.8) is 0 Å². The van der Waals surface area contributed by atoms with Crippen molar-refractivity contribution >= 4 is 17.3 Å². The zero-order valence-electron chi connectivity index (χ0n) is 10.8. The summed E-state index contributed by atoms with van der Waals surface area (Å²) in [6, 6.07) is 4.43. The Morgan fingerprint density at radius 2 is 2.05 bits per heavy atom. The highest BCUT2D eigenvalue weighted by Crippen LogP contribution is 2.32. The van der Waals surface area contributed by atoms with Crippen LogP contribution in [0.5, 0.6) is 0 Å². The average Bonchev–Trinajstić information content (AvgIpc) is 2.52. The van der Waals surface area contributed by atoms with Gasteiger partial charge in [0.15, 0.2) is 0 Å². The minimum Gasteiger partial charge on any atom is -0.399 e. The van der Waals surface area contributed by atoms with E-state index in [1.54, 1.807) is 29.0 Å². The average molecular weight is 269 g/mol. The number of hydrogen-bond donors (Lipinski definition) is 1. The lowest BCUT2D eigenvalue weighted by Crippen LogP contribution is -2.34. The molecule has 104 valence electrons. The molecule has 0 unspecified atom stereocenters. The van der Waals surface area contributed by atoms with Crippen molar-refractivity contribution in [2.24, 2.45) is 0 Å². The quantitative estimate of drug-likeness (QED) is 0.834. The van der Waals surface area contributed by atoms with Crippen LogP contribution in [0, 0.1) is 0 Å². The highest BCUT2D eigenvalue weighted by molar-refractivity contribution is 5.82. The van der Waals surface area contributed by atoms with Gasteiger partial charge in [-0.25, -0.2) is 8.78 Å². The predicted octanol–water partition coefficient (Wildman–Crippen LogP) is 1.87. The number of alkyl halides is 2. The molecule has 1 aromatic rings. The van der Waals surface area contributed by atoms with Crippen LogP contribution in [-0.4, -0.2) is 37.5 Å². The number of likely N-dealkylation sites (N-methyl/N-ethyl adjacent to an activating group) is 1. The number of nitrogens with two attached hydrogens (primary N) is 1. The van der Waals surface area contributed by atoms with E-state index >= 15 is 0 Å². The maximum atomic E-state index is 13.1. The molecule has 0 aromatic heterocycles. The first-order chi connectivity index (χ1) is 8.99. The Morgan fingerprint density at radius 3 is 2.74 bits per heavy atom. The van der Waals surface area contributed by atoms with E-state index in [9.17, 15) is 13.6 Å². The molecular formula is C13H17F2N3O. The Bertz CT molecular complexity index is 479. The third-order valence-corrected chi connectivity index (χ3v) is 3.30. The summed E-state index contributed by atoms with van der Waals surface area (Å²) < 4.78 is 26.1. The lowest BCUT2D eigenvalue weighted by atomic mass is 10.1. The molecule has 2 rings (SSSR count). The number of nitrogens with zero attached hydrogens (tertiary/aromatic N) is 2. The van der Waals surface area contributed by atoms with E-state index in [4.69, 9.17) is 5.73 Å². The number of rotatable bonds is 2. The number of hydrogen-bond acceptors (Lipinski definition) is 3. The molecule has 1 aliphatic heterocycles. The molecule has 1 heterocycles. The first-order valence-electron chi connectivity index (χ1n) is 6.15. The van der Waals surface area contributed by atoms with E-state index in [0.717, 1.165) is 6.42 Å². The van der Waals surface area contributed by atoms with Gasteiger partial charge in [-0.3, -0.25) is 4.79 Å². The first-order valence-corrected chi connectivity index (χ1v) is 6.15. The Kier molecular flexibility index (Phi) is 3.87. The van der Waals surface area contributed by atoms with Gasteiger partial charge in [0, 0.05) is 37.1 Å². The van der Waals surface area contributed by atoms with Gasteiger partial charge in [-0.1, -0.05) is 0 Å². The van der Waals surface area contributed by atoms with E-state index in [1.807, 2.05) is 0 Å². The van der Waals surface area contributed by atoms with E-state index in [-0.39, 0.29) is 18.0 Å². The summed E-state index contributed by atoms with van der Waals surface area (Å²) in [5.74, 6) is -0.0606. The van der Waals surface area contributed by atoms with Crippen LogP contribution in [0.2, 0.25) is 0 Å². The van der Waals surface area contributed by atoms with Crippen molar-refractivity contribution in [2.75, 3.05) is 37.3 Å². The highest BCUT2D eigenvalue weighted by atomic mass is 19.3. The van der Waals surface area contributed by atoms with E-state index < -0.39 is 6.43 Å². The van der Waals surface area contributed by atoms with Crippen LogP contribution in [0.25, 0.3) is 0 Å². The summed E-state index contributed by atoms with van der Waals surface area (Å²) in [5.41, 5.74) is 6.13. The molecule has 0 bridgehead atoms. The van der Waals surface area contributed by atoms with Crippen molar-refractivity contribution < 1.29 is 13.6 Å².